The van der Waals surface area contributed by atoms with Gasteiger partial charge < -0.3 is 40.1 Å². The Bertz CT molecular complexity index is 797. The van der Waals surface area contributed by atoms with Gasteiger partial charge in [-0.1, -0.05) is 24.3 Å². The van der Waals surface area contributed by atoms with E-state index in [2.05, 4.69) is 0 Å². The van der Waals surface area contributed by atoms with Crippen LogP contribution in [-0.4, -0.2) is 80.2 Å². The quantitative estimate of drug-likeness (QED) is 0.291. The van der Waals surface area contributed by atoms with Gasteiger partial charge >= 0.3 is 11.9 Å². The topological polar surface area (TPSA) is 174 Å². The van der Waals surface area contributed by atoms with Crippen molar-refractivity contribution in [2.24, 2.45) is 0 Å². The Hall–Kier alpha value is -3.18. The first kappa shape index (κ1) is 23.1. The van der Waals surface area contributed by atoms with Crippen molar-refractivity contribution >= 4 is 11.9 Å². The van der Waals surface area contributed by atoms with Crippen LogP contribution in [0.4, 0.5) is 0 Å². The summed E-state index contributed by atoms with van der Waals surface area (Å²) in [4.78, 5) is 23.7. The van der Waals surface area contributed by atoms with E-state index in [1.54, 1.807) is 0 Å². The van der Waals surface area contributed by atoms with Crippen LogP contribution in [0, 0.1) is 0 Å². The number of phenols is 2. The van der Waals surface area contributed by atoms with Crippen molar-refractivity contribution in [2.75, 3.05) is 13.2 Å². The summed E-state index contributed by atoms with van der Waals surface area (Å²) in [5.41, 5.74) is -0.313. The number of rotatable bonds is 9. The van der Waals surface area contributed by atoms with E-state index in [0.29, 0.717) is 0 Å². The summed E-state index contributed by atoms with van der Waals surface area (Å²) >= 11 is 0. The molecule has 0 radical (unpaired) electrons. The molecule has 2 rings (SSSR count). The van der Waals surface area contributed by atoms with Crippen LogP contribution in [0.25, 0.3) is 0 Å². The molecule has 0 saturated carbocycles. The summed E-state index contributed by atoms with van der Waals surface area (Å²) in [6.45, 7) is -1.48. The Morgan fingerprint density at radius 2 is 1.00 bits per heavy atom. The van der Waals surface area contributed by atoms with Crippen LogP contribution in [0.3, 0.4) is 0 Å². The van der Waals surface area contributed by atoms with Gasteiger partial charge in [0.1, 0.15) is 60.3 Å². The van der Waals surface area contributed by atoms with Crippen molar-refractivity contribution in [2.45, 2.75) is 24.4 Å². The highest BCUT2D eigenvalue weighted by molar-refractivity contribution is 5.92. The van der Waals surface area contributed by atoms with Crippen molar-refractivity contribution in [3.8, 4) is 11.5 Å². The molecule has 0 saturated heterocycles. The maximum atomic E-state index is 11.9. The Balaban J connectivity index is 1.84. The minimum absolute atomic E-state index is 0.157. The molecule has 4 atom stereocenters. The molecule has 0 aliphatic heterocycles. The minimum atomic E-state index is -1.94. The molecule has 0 amide bonds. The van der Waals surface area contributed by atoms with Crippen LogP contribution in [0.1, 0.15) is 20.7 Å². The lowest BCUT2D eigenvalue weighted by atomic mass is 10.0. The van der Waals surface area contributed by atoms with Crippen LogP contribution in [0.15, 0.2) is 48.5 Å². The third-order valence-corrected chi connectivity index (χ3v) is 4.16. The Labute approximate surface area is 171 Å². The van der Waals surface area contributed by atoms with Crippen molar-refractivity contribution in [3.63, 3.8) is 0 Å². The van der Waals surface area contributed by atoms with Gasteiger partial charge in [-0.3, -0.25) is 0 Å². The van der Waals surface area contributed by atoms with Crippen molar-refractivity contribution in [1.29, 1.82) is 0 Å². The van der Waals surface area contributed by atoms with Gasteiger partial charge in [0.2, 0.25) is 0 Å². The molecular weight excluding hydrogens is 400 g/mol. The first-order valence-corrected chi connectivity index (χ1v) is 8.85. The monoisotopic (exact) mass is 422 g/mol. The van der Waals surface area contributed by atoms with E-state index >= 15 is 0 Å². The second-order valence-corrected chi connectivity index (χ2v) is 6.35. The number of phenolic OH excluding ortho intramolecular Hbond substituents is 2. The van der Waals surface area contributed by atoms with E-state index in [4.69, 9.17) is 9.47 Å². The van der Waals surface area contributed by atoms with Crippen molar-refractivity contribution < 1.29 is 49.7 Å². The van der Waals surface area contributed by atoms with E-state index in [9.17, 15) is 40.2 Å². The molecule has 10 nitrogen and oxygen atoms in total. The second-order valence-electron chi connectivity index (χ2n) is 6.35. The molecule has 0 aromatic heterocycles. The number of aliphatic hydroxyl groups is 4. The molecule has 10 heteroatoms. The fourth-order valence-corrected chi connectivity index (χ4v) is 2.42. The molecule has 0 fully saturated rings. The van der Waals surface area contributed by atoms with Crippen molar-refractivity contribution in [1.82, 2.24) is 0 Å². The first-order chi connectivity index (χ1) is 14.2. The molecular formula is C20H22O10. The van der Waals surface area contributed by atoms with Crippen LogP contribution in [0.5, 0.6) is 11.5 Å². The molecule has 0 heterocycles. The number of benzene rings is 2. The zero-order valence-electron chi connectivity index (χ0n) is 15.7. The van der Waals surface area contributed by atoms with Crippen molar-refractivity contribution in [3.05, 3.63) is 59.7 Å². The number of ether oxygens (including phenoxy) is 2. The number of hydrogen-bond donors (Lipinski definition) is 6. The molecule has 30 heavy (non-hydrogen) atoms. The van der Waals surface area contributed by atoms with E-state index < -0.39 is 49.6 Å². The fourth-order valence-electron chi connectivity index (χ4n) is 2.42. The highest BCUT2D eigenvalue weighted by atomic mass is 16.6. The number of carbonyl (C=O) groups is 2. The zero-order valence-corrected chi connectivity index (χ0v) is 15.7. The molecule has 6 N–H and O–H groups in total. The molecule has 0 spiro atoms. The smallest absolute Gasteiger partial charge is 0.342 e. The van der Waals surface area contributed by atoms with Gasteiger partial charge in [0.05, 0.1) is 0 Å². The summed E-state index contributed by atoms with van der Waals surface area (Å²) in [5, 5.41) is 58.8. The summed E-state index contributed by atoms with van der Waals surface area (Å²) in [7, 11) is 0. The lowest BCUT2D eigenvalue weighted by Crippen LogP contribution is -2.48. The van der Waals surface area contributed by atoms with Gasteiger partial charge in [-0.2, -0.15) is 0 Å². The van der Waals surface area contributed by atoms with Gasteiger partial charge in [-0.25, -0.2) is 9.59 Å². The third-order valence-electron chi connectivity index (χ3n) is 4.16. The van der Waals surface area contributed by atoms with Gasteiger partial charge in [-0.15, -0.1) is 0 Å². The number of esters is 2. The Morgan fingerprint density at radius 1 is 0.667 bits per heavy atom. The molecule has 2 aromatic carbocycles. The highest BCUT2D eigenvalue weighted by Gasteiger charge is 2.32. The number of hydrogen-bond acceptors (Lipinski definition) is 10. The number of para-hydroxylation sites is 2. The number of aliphatic hydroxyl groups excluding tert-OH is 4. The predicted molar refractivity (Wildman–Crippen MR) is 101 cm³/mol. The summed E-state index contributed by atoms with van der Waals surface area (Å²) in [5.74, 6) is -2.60. The molecule has 0 aliphatic rings. The number of carbonyl (C=O) groups excluding carboxylic acids is 2. The lowest BCUT2D eigenvalue weighted by molar-refractivity contribution is -0.125. The van der Waals surface area contributed by atoms with E-state index in [-0.39, 0.29) is 22.6 Å². The standard InChI is InChI=1S/C20H22O10/c21-13-7-3-1-5-11(13)19(27)29-9-15(23)17(25)18(26)16(24)10-30-20(28)12-6-2-4-8-14(12)22/h1-8,15-18,21-26H,9-10H2/t15-,16+,17-,18-/m1/s1. The molecule has 0 unspecified atom stereocenters. The molecule has 162 valence electrons. The zero-order chi connectivity index (χ0) is 22.3. The molecule has 0 bridgehead atoms. The third kappa shape index (κ3) is 5.91. The summed E-state index contributed by atoms with van der Waals surface area (Å²) in [6.07, 6.45) is -7.45. The number of aromatic hydroxyl groups is 2. The Kier molecular flexibility index (Phi) is 8.13. The normalized spacial score (nSPS) is 14.9. The van der Waals surface area contributed by atoms with Crippen LogP contribution < -0.4 is 0 Å². The maximum absolute atomic E-state index is 11.9. The highest BCUT2D eigenvalue weighted by Crippen LogP contribution is 2.18. The maximum Gasteiger partial charge on any atom is 0.342 e. The van der Waals surface area contributed by atoms with Gasteiger partial charge in [0.15, 0.2) is 0 Å². The van der Waals surface area contributed by atoms with Gasteiger partial charge in [-0.05, 0) is 24.3 Å². The first-order valence-electron chi connectivity index (χ1n) is 8.85. The van der Waals surface area contributed by atoms with Crippen LogP contribution in [0.2, 0.25) is 0 Å². The average Bonchev–Trinajstić information content (AvgIpc) is 2.74. The molecule has 2 aromatic rings. The van der Waals surface area contributed by atoms with E-state index in [1.165, 1.54) is 48.5 Å². The van der Waals surface area contributed by atoms with Gasteiger partial charge in [0.25, 0.3) is 0 Å². The largest absolute Gasteiger partial charge is 0.507 e. The van der Waals surface area contributed by atoms with E-state index in [1.807, 2.05) is 0 Å². The van der Waals surface area contributed by atoms with Crippen LogP contribution in [-0.2, 0) is 9.47 Å². The lowest BCUT2D eigenvalue weighted by Gasteiger charge is -2.26. The summed E-state index contributed by atoms with van der Waals surface area (Å²) in [6, 6.07) is 11.1. The molecule has 0 aliphatic carbocycles. The Morgan fingerprint density at radius 3 is 1.33 bits per heavy atom. The van der Waals surface area contributed by atoms with E-state index in [0.717, 1.165) is 0 Å². The fraction of sp³-hybridized carbons (Fsp3) is 0.300. The van der Waals surface area contributed by atoms with Crippen LogP contribution >= 0.6 is 0 Å². The average molecular weight is 422 g/mol. The minimum Gasteiger partial charge on any atom is -0.507 e. The SMILES string of the molecule is O=C(OC[C@@H](O)[C@@H](O)[C@H](O)[C@@H](O)COC(=O)c1ccccc1O)c1ccccc1O. The predicted octanol–water partition coefficient (Wildman–Crippen LogP) is -0.445. The summed E-state index contributed by atoms with van der Waals surface area (Å²) < 4.78 is 9.55. The second kappa shape index (κ2) is 10.6. The van der Waals surface area contributed by atoms with Gasteiger partial charge in [0, 0.05) is 0 Å².